The highest BCUT2D eigenvalue weighted by molar-refractivity contribution is 5.91. The Morgan fingerprint density at radius 1 is 1.35 bits per heavy atom. The molecule has 20 heavy (non-hydrogen) atoms. The minimum Gasteiger partial charge on any atom is -0.497 e. The molecule has 0 saturated carbocycles. The lowest BCUT2D eigenvalue weighted by Gasteiger charge is -2.17. The van der Waals surface area contributed by atoms with Gasteiger partial charge in [-0.15, -0.1) is 0 Å². The Morgan fingerprint density at radius 3 is 2.50 bits per heavy atom. The maximum atomic E-state index is 11.8. The first-order chi connectivity index (χ1) is 9.55. The molecule has 0 fully saturated rings. The number of ether oxygens (including phenoxy) is 1. The second-order valence-corrected chi connectivity index (χ2v) is 5.12. The molecule has 1 aromatic rings. The number of rotatable bonds is 7. The molecule has 1 rings (SSSR count). The summed E-state index contributed by atoms with van der Waals surface area (Å²) in [6, 6.07) is 7.24. The summed E-state index contributed by atoms with van der Waals surface area (Å²) in [6.45, 7) is 4.07. The Labute approximate surface area is 120 Å². The highest BCUT2D eigenvalue weighted by atomic mass is 16.5. The Kier molecular flexibility index (Phi) is 6.81. The number of carbonyl (C=O) groups excluding carboxylic acids is 1. The first-order valence-electron chi connectivity index (χ1n) is 6.78. The average Bonchev–Trinajstić information content (AvgIpc) is 2.44. The third kappa shape index (κ3) is 5.89. The Hall–Kier alpha value is -1.81. The molecular weight excluding hydrogens is 254 g/mol. The molecule has 2 N–H and O–H groups in total. The molecule has 4 nitrogen and oxygen atoms in total. The van der Waals surface area contributed by atoms with Crippen LogP contribution in [0.15, 0.2) is 30.3 Å². The largest absolute Gasteiger partial charge is 0.497 e. The molecule has 0 bridgehead atoms. The number of nitrogens with one attached hydrogen (secondary N) is 1. The van der Waals surface area contributed by atoms with Crippen molar-refractivity contribution in [2.24, 2.45) is 5.92 Å². The number of aliphatic hydroxyl groups is 1. The van der Waals surface area contributed by atoms with E-state index in [1.807, 2.05) is 24.3 Å². The lowest BCUT2D eigenvalue weighted by Crippen LogP contribution is -2.37. The number of hydrogen-bond acceptors (Lipinski definition) is 3. The Balaban J connectivity index is 2.53. The summed E-state index contributed by atoms with van der Waals surface area (Å²) in [4.78, 5) is 11.8. The third-order valence-electron chi connectivity index (χ3n) is 2.87. The average molecular weight is 277 g/mol. The zero-order chi connectivity index (χ0) is 15.0. The molecule has 1 unspecified atom stereocenters. The zero-order valence-electron chi connectivity index (χ0n) is 12.3. The lowest BCUT2D eigenvalue weighted by molar-refractivity contribution is -0.117. The van der Waals surface area contributed by atoms with Crippen LogP contribution in [0.5, 0.6) is 5.75 Å². The van der Waals surface area contributed by atoms with Gasteiger partial charge in [-0.2, -0.15) is 0 Å². The Morgan fingerprint density at radius 2 is 2.00 bits per heavy atom. The molecule has 1 aromatic carbocycles. The van der Waals surface area contributed by atoms with Crippen molar-refractivity contribution in [2.45, 2.75) is 26.3 Å². The van der Waals surface area contributed by atoms with E-state index in [0.29, 0.717) is 5.92 Å². The number of methoxy groups -OCH3 is 1. The molecule has 0 aliphatic rings. The predicted molar refractivity (Wildman–Crippen MR) is 80.5 cm³/mol. The van der Waals surface area contributed by atoms with E-state index in [-0.39, 0.29) is 18.6 Å². The molecule has 0 aromatic heterocycles. The second kappa shape index (κ2) is 8.38. The highest BCUT2D eigenvalue weighted by Gasteiger charge is 2.11. The molecule has 1 atom stereocenters. The maximum Gasteiger partial charge on any atom is 0.244 e. The summed E-state index contributed by atoms with van der Waals surface area (Å²) in [5, 5.41) is 12.0. The molecule has 0 saturated heterocycles. The van der Waals surface area contributed by atoms with Gasteiger partial charge in [-0.1, -0.05) is 26.0 Å². The van der Waals surface area contributed by atoms with Gasteiger partial charge < -0.3 is 15.2 Å². The quantitative estimate of drug-likeness (QED) is 0.751. The first kappa shape index (κ1) is 16.2. The fourth-order valence-corrected chi connectivity index (χ4v) is 1.88. The molecule has 1 amide bonds. The van der Waals surface area contributed by atoms with Crippen molar-refractivity contribution in [1.82, 2.24) is 5.32 Å². The van der Waals surface area contributed by atoms with Crippen LogP contribution in [0, 0.1) is 5.92 Å². The molecule has 0 radical (unpaired) electrons. The van der Waals surface area contributed by atoms with E-state index in [2.05, 4.69) is 19.2 Å². The Bertz CT molecular complexity index is 438. The SMILES string of the molecule is COc1ccc(C=CC(=O)NC(CO)CC(C)C)cc1. The van der Waals surface area contributed by atoms with Crippen molar-refractivity contribution in [3.63, 3.8) is 0 Å². The zero-order valence-corrected chi connectivity index (χ0v) is 12.3. The molecular formula is C16H23NO3. The van der Waals surface area contributed by atoms with Gasteiger partial charge in [-0.05, 0) is 36.1 Å². The number of aliphatic hydroxyl groups excluding tert-OH is 1. The van der Waals surface area contributed by atoms with Crippen LogP contribution in [-0.2, 0) is 4.79 Å². The topological polar surface area (TPSA) is 58.6 Å². The van der Waals surface area contributed by atoms with Crippen molar-refractivity contribution in [3.8, 4) is 5.75 Å². The third-order valence-corrected chi connectivity index (χ3v) is 2.87. The van der Waals surface area contributed by atoms with Gasteiger partial charge >= 0.3 is 0 Å². The summed E-state index contributed by atoms with van der Waals surface area (Å²) in [5.74, 6) is 1.02. The van der Waals surface area contributed by atoms with E-state index in [9.17, 15) is 9.90 Å². The van der Waals surface area contributed by atoms with E-state index < -0.39 is 0 Å². The van der Waals surface area contributed by atoms with E-state index in [1.54, 1.807) is 13.2 Å². The van der Waals surface area contributed by atoms with Crippen molar-refractivity contribution in [3.05, 3.63) is 35.9 Å². The number of benzene rings is 1. The summed E-state index contributed by atoms with van der Waals surface area (Å²) >= 11 is 0. The van der Waals surface area contributed by atoms with E-state index in [1.165, 1.54) is 6.08 Å². The molecule has 0 spiro atoms. The highest BCUT2D eigenvalue weighted by Crippen LogP contribution is 2.12. The van der Waals surface area contributed by atoms with Crippen molar-refractivity contribution in [1.29, 1.82) is 0 Å². The van der Waals surface area contributed by atoms with Crippen LogP contribution < -0.4 is 10.1 Å². The van der Waals surface area contributed by atoms with Crippen LogP contribution >= 0.6 is 0 Å². The van der Waals surface area contributed by atoms with Crippen LogP contribution in [-0.4, -0.2) is 30.8 Å². The van der Waals surface area contributed by atoms with Gasteiger partial charge in [0.25, 0.3) is 0 Å². The summed E-state index contributed by atoms with van der Waals surface area (Å²) in [6.07, 6.45) is 3.97. The molecule has 4 heteroatoms. The number of amides is 1. The normalized spacial score (nSPS) is 12.7. The number of hydrogen-bond donors (Lipinski definition) is 2. The molecule has 0 heterocycles. The van der Waals surface area contributed by atoms with Gasteiger partial charge in [0.05, 0.1) is 19.8 Å². The second-order valence-electron chi connectivity index (χ2n) is 5.12. The number of carbonyl (C=O) groups is 1. The van der Waals surface area contributed by atoms with Crippen LogP contribution in [0.2, 0.25) is 0 Å². The molecule has 0 aliphatic heterocycles. The van der Waals surface area contributed by atoms with Gasteiger partial charge in [0.1, 0.15) is 5.75 Å². The van der Waals surface area contributed by atoms with Gasteiger partial charge in [0.15, 0.2) is 0 Å². The molecule has 110 valence electrons. The van der Waals surface area contributed by atoms with E-state index in [4.69, 9.17) is 4.74 Å². The predicted octanol–water partition coefficient (Wildman–Crippen LogP) is 2.23. The van der Waals surface area contributed by atoms with Crippen molar-refractivity contribution >= 4 is 12.0 Å². The lowest BCUT2D eigenvalue weighted by atomic mass is 10.0. The van der Waals surface area contributed by atoms with Gasteiger partial charge in [-0.25, -0.2) is 0 Å². The fourth-order valence-electron chi connectivity index (χ4n) is 1.88. The maximum absolute atomic E-state index is 11.8. The monoisotopic (exact) mass is 277 g/mol. The van der Waals surface area contributed by atoms with Crippen LogP contribution in [0.4, 0.5) is 0 Å². The van der Waals surface area contributed by atoms with Crippen LogP contribution in [0.1, 0.15) is 25.8 Å². The van der Waals surface area contributed by atoms with E-state index >= 15 is 0 Å². The molecule has 0 aliphatic carbocycles. The summed E-state index contributed by atoms with van der Waals surface area (Å²) in [7, 11) is 1.61. The van der Waals surface area contributed by atoms with Gasteiger partial charge in [0, 0.05) is 6.08 Å². The fraction of sp³-hybridized carbons (Fsp3) is 0.438. The summed E-state index contributed by atoms with van der Waals surface area (Å²) < 4.78 is 5.07. The van der Waals surface area contributed by atoms with Crippen LogP contribution in [0.3, 0.4) is 0 Å². The van der Waals surface area contributed by atoms with Gasteiger partial charge in [-0.3, -0.25) is 4.79 Å². The van der Waals surface area contributed by atoms with Gasteiger partial charge in [0.2, 0.25) is 5.91 Å². The van der Waals surface area contributed by atoms with Crippen molar-refractivity contribution < 1.29 is 14.6 Å². The minimum atomic E-state index is -0.194. The summed E-state index contributed by atoms with van der Waals surface area (Å²) in [5.41, 5.74) is 0.922. The standard InChI is InChI=1S/C16H23NO3/c1-12(2)10-14(11-18)17-16(19)9-6-13-4-7-15(20-3)8-5-13/h4-9,12,14,18H,10-11H2,1-3H3,(H,17,19). The minimum absolute atomic E-state index is 0.0414. The van der Waals surface area contributed by atoms with Crippen molar-refractivity contribution in [2.75, 3.05) is 13.7 Å². The smallest absolute Gasteiger partial charge is 0.244 e. The van der Waals surface area contributed by atoms with Crippen LogP contribution in [0.25, 0.3) is 6.08 Å². The first-order valence-corrected chi connectivity index (χ1v) is 6.78. The van der Waals surface area contributed by atoms with E-state index in [0.717, 1.165) is 17.7 Å².